The fourth-order valence-corrected chi connectivity index (χ4v) is 4.01. The van der Waals surface area contributed by atoms with E-state index in [1.165, 1.54) is 24.4 Å². The number of benzene rings is 2. The van der Waals surface area contributed by atoms with E-state index in [0.29, 0.717) is 22.5 Å². The van der Waals surface area contributed by atoms with Crippen LogP contribution in [0.15, 0.2) is 42.7 Å². The molecule has 4 rings (SSSR count). The minimum absolute atomic E-state index is 0.0776. The second-order valence-electron chi connectivity index (χ2n) is 9.22. The van der Waals surface area contributed by atoms with Crippen LogP contribution in [0.4, 0.5) is 24.5 Å². The molecule has 2 aromatic carbocycles. The molecule has 1 saturated carbocycles. The quantitative estimate of drug-likeness (QED) is 0.207. The van der Waals surface area contributed by atoms with E-state index in [4.69, 9.17) is 16.3 Å². The molecule has 1 aromatic heterocycles. The Morgan fingerprint density at radius 1 is 1.26 bits per heavy atom. The number of hydrogen-bond acceptors (Lipinski definition) is 7. The van der Waals surface area contributed by atoms with Crippen LogP contribution >= 0.6 is 0 Å². The Balaban J connectivity index is 1.63. The zero-order valence-electron chi connectivity index (χ0n) is 21.2. The Morgan fingerprint density at radius 3 is 2.61 bits per heavy atom. The van der Waals surface area contributed by atoms with Gasteiger partial charge in [0, 0.05) is 41.2 Å². The van der Waals surface area contributed by atoms with Crippen molar-refractivity contribution >= 4 is 23.0 Å². The number of hydrogen-bond donors (Lipinski definition) is 5. The summed E-state index contributed by atoms with van der Waals surface area (Å²) in [6, 6.07) is 6.97. The highest BCUT2D eigenvalue weighted by atomic mass is 19.4. The number of anilines is 2. The van der Waals surface area contributed by atoms with Gasteiger partial charge in [0.05, 0.1) is 35.9 Å². The van der Waals surface area contributed by atoms with Gasteiger partial charge in [-0.25, -0.2) is 5.84 Å². The normalized spacial score (nSPS) is 13.9. The highest BCUT2D eigenvalue weighted by Gasteiger charge is 2.33. The molecule has 1 aliphatic rings. The lowest BCUT2D eigenvalue weighted by Crippen LogP contribution is -2.27. The number of nitrogens with two attached hydrogens (primary N) is 2. The predicted octanol–water partition coefficient (Wildman–Crippen LogP) is 4.20. The Bertz CT molecular complexity index is 1360. The Labute approximate surface area is 218 Å². The molecule has 1 heterocycles. The van der Waals surface area contributed by atoms with Gasteiger partial charge in [-0.3, -0.25) is 14.9 Å². The van der Waals surface area contributed by atoms with Crippen LogP contribution < -0.4 is 32.0 Å². The molecule has 3 aromatic rings. The second kappa shape index (κ2) is 10.8. The number of alkyl halides is 3. The molecule has 1 aliphatic carbocycles. The molecular weight excluding hydrogens is 499 g/mol. The van der Waals surface area contributed by atoms with E-state index >= 15 is 0 Å². The molecule has 0 radical (unpaired) electrons. The summed E-state index contributed by atoms with van der Waals surface area (Å²) in [6.07, 6.45) is 0.416. The van der Waals surface area contributed by atoms with Gasteiger partial charge in [-0.1, -0.05) is 6.07 Å². The maximum atomic E-state index is 13.7. The van der Waals surface area contributed by atoms with Gasteiger partial charge in [0.25, 0.3) is 5.91 Å². The Kier molecular flexibility index (Phi) is 7.65. The van der Waals surface area contributed by atoms with Gasteiger partial charge in [-0.2, -0.15) is 18.3 Å². The summed E-state index contributed by atoms with van der Waals surface area (Å²) in [5.41, 5.74) is 8.72. The molecule has 12 heteroatoms. The van der Waals surface area contributed by atoms with E-state index in [-0.39, 0.29) is 29.6 Å². The van der Waals surface area contributed by atoms with Crippen LogP contribution in [0, 0.1) is 13.8 Å². The number of rotatable bonds is 9. The molecule has 0 bridgehead atoms. The number of halogens is 3. The number of H-pyrrole nitrogens is 1. The van der Waals surface area contributed by atoms with Crippen LogP contribution in [0.5, 0.6) is 5.75 Å². The lowest BCUT2D eigenvalue weighted by Gasteiger charge is -2.20. The SMILES string of the molecule is COc1c(CNC2CC2)cc(C(F)(F)F)cc1NC(=O)c1ccc(C)c(N(N)/C=C(\N)c2cn[nH]c2C)c1. The summed E-state index contributed by atoms with van der Waals surface area (Å²) in [4.78, 5) is 13.2. The Morgan fingerprint density at radius 2 is 2.00 bits per heavy atom. The van der Waals surface area contributed by atoms with Crippen molar-refractivity contribution in [3.63, 3.8) is 0 Å². The summed E-state index contributed by atoms with van der Waals surface area (Å²) >= 11 is 0. The zero-order valence-corrected chi connectivity index (χ0v) is 21.2. The summed E-state index contributed by atoms with van der Waals surface area (Å²) in [5, 5.41) is 13.8. The lowest BCUT2D eigenvalue weighted by molar-refractivity contribution is -0.137. The number of carbonyl (C=O) groups is 1. The number of nitrogens with zero attached hydrogens (tertiary/aromatic N) is 2. The average molecular weight is 530 g/mol. The van der Waals surface area contributed by atoms with Crippen molar-refractivity contribution in [1.29, 1.82) is 0 Å². The first-order valence-corrected chi connectivity index (χ1v) is 11.9. The number of aromatic amines is 1. The average Bonchev–Trinajstić information content (AvgIpc) is 3.59. The van der Waals surface area contributed by atoms with Crippen molar-refractivity contribution in [3.8, 4) is 5.75 Å². The molecule has 7 N–H and O–H groups in total. The first kappa shape index (κ1) is 27.0. The van der Waals surface area contributed by atoms with E-state index in [1.54, 1.807) is 25.3 Å². The summed E-state index contributed by atoms with van der Waals surface area (Å²) in [6.45, 7) is 3.80. The van der Waals surface area contributed by atoms with Gasteiger partial charge in [0.2, 0.25) is 0 Å². The molecule has 0 unspecified atom stereocenters. The van der Waals surface area contributed by atoms with Crippen LogP contribution in [0.2, 0.25) is 0 Å². The van der Waals surface area contributed by atoms with Gasteiger partial charge in [0.1, 0.15) is 5.75 Å². The monoisotopic (exact) mass is 529 g/mol. The third-order valence-electron chi connectivity index (χ3n) is 6.27. The first-order chi connectivity index (χ1) is 18.0. The van der Waals surface area contributed by atoms with Crippen molar-refractivity contribution < 1.29 is 22.7 Å². The van der Waals surface area contributed by atoms with Crippen LogP contribution in [0.1, 0.15) is 51.1 Å². The molecule has 0 aliphatic heterocycles. The van der Waals surface area contributed by atoms with E-state index in [1.807, 2.05) is 6.92 Å². The number of carbonyl (C=O) groups excluding carboxylic acids is 1. The van der Waals surface area contributed by atoms with Crippen LogP contribution in [-0.4, -0.2) is 29.3 Å². The summed E-state index contributed by atoms with van der Waals surface area (Å²) < 4.78 is 46.4. The number of nitrogens with one attached hydrogen (secondary N) is 3. The second-order valence-corrected chi connectivity index (χ2v) is 9.22. The maximum absolute atomic E-state index is 13.7. The van der Waals surface area contributed by atoms with Crippen LogP contribution in [0.25, 0.3) is 5.70 Å². The zero-order chi connectivity index (χ0) is 27.6. The predicted molar refractivity (Wildman–Crippen MR) is 139 cm³/mol. The fourth-order valence-electron chi connectivity index (χ4n) is 4.01. The first-order valence-electron chi connectivity index (χ1n) is 11.9. The van der Waals surface area contributed by atoms with E-state index < -0.39 is 17.6 Å². The topological polar surface area (TPSA) is 134 Å². The van der Waals surface area contributed by atoms with Crippen molar-refractivity contribution in [2.45, 2.75) is 45.5 Å². The number of aromatic nitrogens is 2. The molecule has 0 saturated heterocycles. The summed E-state index contributed by atoms with van der Waals surface area (Å²) in [7, 11) is 1.35. The van der Waals surface area contributed by atoms with Gasteiger partial charge < -0.3 is 21.1 Å². The van der Waals surface area contributed by atoms with Crippen molar-refractivity contribution in [1.82, 2.24) is 15.5 Å². The molecule has 9 nitrogen and oxygen atoms in total. The third-order valence-corrected chi connectivity index (χ3v) is 6.27. The maximum Gasteiger partial charge on any atom is 0.416 e. The number of methoxy groups -OCH3 is 1. The van der Waals surface area contributed by atoms with Crippen molar-refractivity contribution in [2.24, 2.45) is 11.6 Å². The van der Waals surface area contributed by atoms with Crippen molar-refractivity contribution in [3.05, 3.63) is 76.2 Å². The van der Waals surface area contributed by atoms with Gasteiger partial charge >= 0.3 is 6.18 Å². The smallest absolute Gasteiger partial charge is 0.416 e. The molecule has 0 spiro atoms. The lowest BCUT2D eigenvalue weighted by atomic mass is 10.1. The fraction of sp³-hybridized carbons (Fsp3) is 0.308. The minimum Gasteiger partial charge on any atom is -0.494 e. The van der Waals surface area contributed by atoms with Gasteiger partial charge in [-0.05, 0) is 56.5 Å². The molecular formula is C26H30F3N7O2. The van der Waals surface area contributed by atoms with Gasteiger partial charge in [-0.15, -0.1) is 0 Å². The minimum atomic E-state index is -4.60. The highest BCUT2D eigenvalue weighted by Crippen LogP contribution is 2.38. The third kappa shape index (κ3) is 6.09. The molecule has 1 amide bonds. The van der Waals surface area contributed by atoms with Crippen molar-refractivity contribution in [2.75, 3.05) is 17.4 Å². The van der Waals surface area contributed by atoms with Gasteiger partial charge in [0.15, 0.2) is 0 Å². The largest absolute Gasteiger partial charge is 0.494 e. The number of ether oxygens (including phenoxy) is 1. The standard InChI is InChI=1S/C26H30F3N7O2/c1-14-4-5-16(9-23(14)36(31)13-21(30)20-12-33-35-15(20)2)25(37)34-22-10-18(26(27,28)29)8-17(24(22)38-3)11-32-19-6-7-19/h4-5,8-10,12-13,19,32H,6-7,11,30-31H2,1-3H3,(H,33,35)(H,34,37)/b21-13-. The number of hydrazine groups is 1. The Hall–Kier alpha value is -4.03. The van der Waals surface area contributed by atoms with Crippen LogP contribution in [-0.2, 0) is 12.7 Å². The van der Waals surface area contributed by atoms with E-state index in [9.17, 15) is 18.0 Å². The molecule has 1 fully saturated rings. The molecule has 0 atom stereocenters. The van der Waals surface area contributed by atoms with Crippen LogP contribution in [0.3, 0.4) is 0 Å². The molecule has 38 heavy (non-hydrogen) atoms. The highest BCUT2D eigenvalue weighted by molar-refractivity contribution is 6.06. The number of amides is 1. The summed E-state index contributed by atoms with van der Waals surface area (Å²) in [5.74, 6) is 5.77. The van der Waals surface area contributed by atoms with E-state index in [2.05, 4.69) is 20.8 Å². The van der Waals surface area contributed by atoms with E-state index in [0.717, 1.165) is 36.2 Å². The number of aryl methyl sites for hydroxylation is 2. The molecule has 202 valence electrons.